The number of fused-ring (bicyclic) bond motifs is 3. The van der Waals surface area contributed by atoms with Crippen molar-refractivity contribution < 1.29 is 0 Å². The van der Waals surface area contributed by atoms with Crippen molar-refractivity contribution in [3.05, 3.63) is 47.5 Å². The van der Waals surface area contributed by atoms with Gasteiger partial charge in [0.15, 0.2) is 0 Å². The Kier molecular flexibility index (Phi) is 2.00. The highest BCUT2D eigenvalue weighted by molar-refractivity contribution is 6.07. The van der Waals surface area contributed by atoms with Crippen molar-refractivity contribution in [2.75, 3.05) is 0 Å². The molecule has 1 heteroatoms. The Morgan fingerprint density at radius 3 is 2.38 bits per heavy atom. The molecule has 0 spiro atoms. The van der Waals surface area contributed by atoms with Crippen molar-refractivity contribution in [3.8, 4) is 0 Å². The minimum Gasteiger partial charge on any atom is -0.354 e. The molecule has 80 valence electrons. The summed E-state index contributed by atoms with van der Waals surface area (Å²) in [4.78, 5) is 3.49. The molecule has 0 bridgehead atoms. The first-order valence-electron chi connectivity index (χ1n) is 5.79. The van der Waals surface area contributed by atoms with Gasteiger partial charge in [-0.15, -0.1) is 0 Å². The zero-order valence-corrected chi connectivity index (χ0v) is 9.67. The molecule has 2 aromatic carbocycles. The van der Waals surface area contributed by atoms with Crippen LogP contribution in [0.3, 0.4) is 0 Å². The number of nitrogens with one attached hydrogen (secondary N) is 1. The van der Waals surface area contributed by atoms with Crippen molar-refractivity contribution in [1.29, 1.82) is 0 Å². The van der Waals surface area contributed by atoms with Crippen LogP contribution in [0.15, 0.2) is 36.4 Å². The van der Waals surface area contributed by atoms with Crippen molar-refractivity contribution in [3.63, 3.8) is 0 Å². The zero-order chi connectivity index (χ0) is 11.1. The summed E-state index contributed by atoms with van der Waals surface area (Å²) in [6.07, 6.45) is 1.09. The van der Waals surface area contributed by atoms with Gasteiger partial charge in [0.25, 0.3) is 0 Å². The predicted octanol–water partition coefficient (Wildman–Crippen LogP) is 4.19. The number of hydrogen-bond donors (Lipinski definition) is 1. The molecule has 0 radical (unpaired) electrons. The molecule has 1 aromatic heterocycles. The molecule has 3 aromatic rings. The van der Waals surface area contributed by atoms with Gasteiger partial charge in [-0.05, 0) is 36.6 Å². The van der Waals surface area contributed by atoms with E-state index in [2.05, 4.69) is 55.2 Å². The molecule has 3 rings (SSSR count). The number of aromatic amines is 1. The second-order valence-corrected chi connectivity index (χ2v) is 4.41. The Labute approximate surface area is 95.1 Å². The van der Waals surface area contributed by atoms with Crippen molar-refractivity contribution in [2.24, 2.45) is 0 Å². The Bertz CT molecular complexity index is 662. The lowest BCUT2D eigenvalue weighted by Crippen LogP contribution is -1.78. The average molecular weight is 209 g/mol. The molecule has 0 saturated carbocycles. The number of aromatic nitrogens is 1. The third kappa shape index (κ3) is 1.32. The minimum absolute atomic E-state index is 1.09. The van der Waals surface area contributed by atoms with Crippen LogP contribution in [0.4, 0.5) is 0 Å². The Morgan fingerprint density at radius 1 is 0.938 bits per heavy atom. The van der Waals surface area contributed by atoms with Crippen LogP contribution in [0.5, 0.6) is 0 Å². The molecule has 0 aliphatic heterocycles. The van der Waals surface area contributed by atoms with Crippen LogP contribution in [0.2, 0.25) is 0 Å². The van der Waals surface area contributed by atoms with E-state index in [1.165, 1.54) is 32.9 Å². The van der Waals surface area contributed by atoms with Gasteiger partial charge >= 0.3 is 0 Å². The largest absolute Gasteiger partial charge is 0.354 e. The fraction of sp³-hybridized carbons (Fsp3) is 0.200. The van der Waals surface area contributed by atoms with Crippen molar-refractivity contribution in [2.45, 2.75) is 20.3 Å². The monoisotopic (exact) mass is 209 g/mol. The molecule has 0 atom stereocenters. The van der Waals surface area contributed by atoms with Gasteiger partial charge in [-0.25, -0.2) is 0 Å². The fourth-order valence-corrected chi connectivity index (χ4v) is 2.29. The van der Waals surface area contributed by atoms with Gasteiger partial charge in [0.1, 0.15) is 0 Å². The summed E-state index contributed by atoms with van der Waals surface area (Å²) < 4.78 is 0. The molecule has 0 amide bonds. The second-order valence-electron chi connectivity index (χ2n) is 4.41. The van der Waals surface area contributed by atoms with Gasteiger partial charge < -0.3 is 4.98 Å². The second kappa shape index (κ2) is 3.38. The molecular weight excluding hydrogens is 194 g/mol. The van der Waals surface area contributed by atoms with E-state index in [0.29, 0.717) is 0 Å². The van der Waals surface area contributed by atoms with Crippen LogP contribution >= 0.6 is 0 Å². The summed E-state index contributed by atoms with van der Waals surface area (Å²) >= 11 is 0. The van der Waals surface area contributed by atoms with Crippen LogP contribution in [0.1, 0.15) is 18.1 Å². The van der Waals surface area contributed by atoms with E-state index in [1.54, 1.807) is 0 Å². The Morgan fingerprint density at radius 2 is 1.62 bits per heavy atom. The third-order valence-electron chi connectivity index (χ3n) is 3.23. The minimum atomic E-state index is 1.09. The average Bonchev–Trinajstić information content (AvgIpc) is 2.64. The number of aryl methyl sites for hydroxylation is 2. The Hall–Kier alpha value is -1.76. The standard InChI is InChI=1S/C15H15N/c1-3-11-5-7-13-12-6-4-10(2)8-14(12)16-15(13)9-11/h4-9,16H,3H2,1-2H3. The van der Waals surface area contributed by atoms with Gasteiger partial charge in [0.05, 0.1) is 0 Å². The number of rotatable bonds is 1. The van der Waals surface area contributed by atoms with Crippen LogP contribution < -0.4 is 0 Å². The highest BCUT2D eigenvalue weighted by Crippen LogP contribution is 2.26. The number of hydrogen-bond acceptors (Lipinski definition) is 0. The molecule has 0 saturated heterocycles. The smallest absolute Gasteiger partial charge is 0.0467 e. The first kappa shape index (κ1) is 9.46. The summed E-state index contributed by atoms with van der Waals surface area (Å²) in [5.74, 6) is 0. The van der Waals surface area contributed by atoms with Gasteiger partial charge in [-0.2, -0.15) is 0 Å². The predicted molar refractivity (Wildman–Crippen MR) is 69.9 cm³/mol. The third-order valence-corrected chi connectivity index (χ3v) is 3.23. The van der Waals surface area contributed by atoms with Gasteiger partial charge in [0.2, 0.25) is 0 Å². The SMILES string of the molecule is CCc1ccc2c(c1)[nH]c1cc(C)ccc12. The fourth-order valence-electron chi connectivity index (χ4n) is 2.29. The van der Waals surface area contributed by atoms with Gasteiger partial charge in [0, 0.05) is 21.8 Å². The van der Waals surface area contributed by atoms with E-state index in [1.807, 2.05) is 0 Å². The molecule has 1 nitrogen and oxygen atoms in total. The first-order chi connectivity index (χ1) is 7.78. The highest BCUT2D eigenvalue weighted by atomic mass is 14.7. The van der Waals surface area contributed by atoms with E-state index in [9.17, 15) is 0 Å². The summed E-state index contributed by atoms with van der Waals surface area (Å²) in [5.41, 5.74) is 5.17. The van der Waals surface area contributed by atoms with Crippen LogP contribution in [-0.4, -0.2) is 4.98 Å². The normalized spacial score (nSPS) is 11.4. The quantitative estimate of drug-likeness (QED) is 0.618. The number of benzene rings is 2. The summed E-state index contributed by atoms with van der Waals surface area (Å²) in [5, 5.41) is 2.65. The molecule has 0 aliphatic rings. The molecule has 1 heterocycles. The van der Waals surface area contributed by atoms with Crippen LogP contribution in [0.25, 0.3) is 21.8 Å². The van der Waals surface area contributed by atoms with E-state index >= 15 is 0 Å². The lowest BCUT2D eigenvalue weighted by molar-refractivity contribution is 1.14. The van der Waals surface area contributed by atoms with E-state index < -0.39 is 0 Å². The molecule has 0 unspecified atom stereocenters. The molecular formula is C15H15N. The van der Waals surface area contributed by atoms with Crippen LogP contribution in [-0.2, 0) is 6.42 Å². The molecule has 16 heavy (non-hydrogen) atoms. The number of H-pyrrole nitrogens is 1. The lowest BCUT2D eigenvalue weighted by atomic mass is 10.1. The molecule has 1 N–H and O–H groups in total. The van der Waals surface area contributed by atoms with E-state index in [0.717, 1.165) is 6.42 Å². The van der Waals surface area contributed by atoms with Crippen molar-refractivity contribution in [1.82, 2.24) is 4.98 Å². The van der Waals surface area contributed by atoms with Crippen molar-refractivity contribution >= 4 is 21.8 Å². The maximum atomic E-state index is 3.49. The molecule has 0 fully saturated rings. The van der Waals surface area contributed by atoms with E-state index in [4.69, 9.17) is 0 Å². The summed E-state index contributed by atoms with van der Waals surface area (Å²) in [7, 11) is 0. The summed E-state index contributed by atoms with van der Waals surface area (Å²) in [6.45, 7) is 4.32. The maximum absolute atomic E-state index is 3.49. The molecule has 0 aliphatic carbocycles. The lowest BCUT2D eigenvalue weighted by Gasteiger charge is -1.96. The maximum Gasteiger partial charge on any atom is 0.0467 e. The first-order valence-corrected chi connectivity index (χ1v) is 5.79. The highest BCUT2D eigenvalue weighted by Gasteiger charge is 2.04. The topological polar surface area (TPSA) is 15.8 Å². The zero-order valence-electron chi connectivity index (χ0n) is 9.67. The van der Waals surface area contributed by atoms with Crippen LogP contribution in [0, 0.1) is 6.92 Å². The van der Waals surface area contributed by atoms with Gasteiger partial charge in [-0.1, -0.05) is 31.2 Å². The summed E-state index contributed by atoms with van der Waals surface area (Å²) in [6, 6.07) is 13.3. The van der Waals surface area contributed by atoms with E-state index in [-0.39, 0.29) is 0 Å². The van der Waals surface area contributed by atoms with Gasteiger partial charge in [-0.3, -0.25) is 0 Å². The Balaban J connectivity index is 2.40.